The van der Waals surface area contributed by atoms with E-state index in [1.807, 2.05) is 0 Å². The number of amides is 1. The fraction of sp³-hybridized carbons (Fsp3) is 0.800. The summed E-state index contributed by atoms with van der Waals surface area (Å²) in [5.74, 6) is -1.34. The molecule has 0 spiro atoms. The Labute approximate surface area is 99.3 Å². The molecule has 0 bridgehead atoms. The first kappa shape index (κ1) is 13.9. The normalized spacial score (nSPS) is 28.0. The van der Waals surface area contributed by atoms with Crippen LogP contribution in [0.1, 0.15) is 6.92 Å². The van der Waals surface area contributed by atoms with E-state index >= 15 is 0 Å². The number of nitrogens with one attached hydrogen (secondary N) is 1. The summed E-state index contributed by atoms with van der Waals surface area (Å²) in [5, 5.41) is 11.7. The van der Waals surface area contributed by atoms with E-state index in [4.69, 9.17) is 20.3 Å². The standard InChI is InChI=1S/C10H18N2O5/c1-10(9(14)15)6-17-4-7(10)12-8(13)5-16-3-2-11/h7H,2-6,11H2,1H3,(H,12,13)(H,14,15). The van der Waals surface area contributed by atoms with Gasteiger partial charge in [0, 0.05) is 6.54 Å². The van der Waals surface area contributed by atoms with E-state index in [2.05, 4.69) is 5.32 Å². The minimum absolute atomic E-state index is 0.0942. The van der Waals surface area contributed by atoms with Gasteiger partial charge in [0.2, 0.25) is 5.91 Å². The number of ether oxygens (including phenoxy) is 2. The minimum Gasteiger partial charge on any atom is -0.481 e. The predicted molar refractivity (Wildman–Crippen MR) is 58.4 cm³/mol. The average Bonchev–Trinajstić information content (AvgIpc) is 2.62. The van der Waals surface area contributed by atoms with Crippen LogP contribution in [0, 0.1) is 5.41 Å². The third kappa shape index (κ3) is 3.39. The molecule has 17 heavy (non-hydrogen) atoms. The third-order valence-electron chi connectivity index (χ3n) is 2.77. The van der Waals surface area contributed by atoms with Crippen LogP contribution in [0.2, 0.25) is 0 Å². The quantitative estimate of drug-likeness (QED) is 0.495. The zero-order valence-electron chi connectivity index (χ0n) is 9.77. The van der Waals surface area contributed by atoms with Gasteiger partial charge in [-0.3, -0.25) is 9.59 Å². The number of aliphatic carboxylic acids is 1. The molecule has 7 heteroatoms. The van der Waals surface area contributed by atoms with Gasteiger partial charge in [-0.1, -0.05) is 0 Å². The van der Waals surface area contributed by atoms with Gasteiger partial charge >= 0.3 is 5.97 Å². The van der Waals surface area contributed by atoms with Crippen molar-refractivity contribution in [2.75, 3.05) is 33.0 Å². The number of carbonyl (C=O) groups is 2. The van der Waals surface area contributed by atoms with E-state index in [9.17, 15) is 9.59 Å². The number of hydrogen-bond acceptors (Lipinski definition) is 5. The van der Waals surface area contributed by atoms with Gasteiger partial charge in [0.1, 0.15) is 12.0 Å². The number of carboxylic acids is 1. The zero-order valence-corrected chi connectivity index (χ0v) is 9.77. The summed E-state index contributed by atoms with van der Waals surface area (Å²) in [4.78, 5) is 22.6. The van der Waals surface area contributed by atoms with Crippen LogP contribution in [-0.2, 0) is 19.1 Å². The van der Waals surface area contributed by atoms with E-state index in [1.165, 1.54) is 0 Å². The number of carboxylic acid groups (broad SMARTS) is 1. The number of rotatable bonds is 6. The van der Waals surface area contributed by atoms with E-state index in [1.54, 1.807) is 6.92 Å². The summed E-state index contributed by atoms with van der Waals surface area (Å²) in [7, 11) is 0. The van der Waals surface area contributed by atoms with Crippen LogP contribution in [0.3, 0.4) is 0 Å². The van der Waals surface area contributed by atoms with Gasteiger partial charge in [-0.05, 0) is 6.92 Å². The highest BCUT2D eigenvalue weighted by Gasteiger charge is 2.47. The summed E-state index contributed by atoms with van der Waals surface area (Å²) in [6.07, 6.45) is 0. The Hall–Kier alpha value is -1.18. The van der Waals surface area contributed by atoms with Crippen LogP contribution in [0.15, 0.2) is 0 Å². The topological polar surface area (TPSA) is 111 Å². The molecule has 98 valence electrons. The molecule has 1 saturated heterocycles. The first-order valence-electron chi connectivity index (χ1n) is 5.39. The molecule has 0 radical (unpaired) electrons. The van der Waals surface area contributed by atoms with Crippen molar-refractivity contribution in [2.24, 2.45) is 11.1 Å². The van der Waals surface area contributed by atoms with Crippen LogP contribution < -0.4 is 11.1 Å². The summed E-state index contributed by atoms with van der Waals surface area (Å²) >= 11 is 0. The molecule has 0 aromatic heterocycles. The number of nitrogens with two attached hydrogens (primary N) is 1. The highest BCUT2D eigenvalue weighted by atomic mass is 16.5. The zero-order chi connectivity index (χ0) is 12.9. The van der Waals surface area contributed by atoms with E-state index in [0.29, 0.717) is 13.2 Å². The van der Waals surface area contributed by atoms with Gasteiger partial charge in [0.05, 0.1) is 25.9 Å². The van der Waals surface area contributed by atoms with Crippen molar-refractivity contribution in [3.8, 4) is 0 Å². The maximum Gasteiger partial charge on any atom is 0.313 e. The third-order valence-corrected chi connectivity index (χ3v) is 2.77. The first-order valence-corrected chi connectivity index (χ1v) is 5.39. The minimum atomic E-state index is -1.08. The average molecular weight is 246 g/mol. The van der Waals surface area contributed by atoms with Crippen LogP contribution >= 0.6 is 0 Å². The molecule has 0 aliphatic carbocycles. The van der Waals surface area contributed by atoms with Crippen molar-refractivity contribution in [2.45, 2.75) is 13.0 Å². The molecule has 2 atom stereocenters. The second-order valence-electron chi connectivity index (χ2n) is 4.20. The molecule has 1 amide bonds. The predicted octanol–water partition coefficient (Wildman–Crippen LogP) is -1.43. The monoisotopic (exact) mass is 246 g/mol. The molecular formula is C10H18N2O5. The Morgan fingerprint density at radius 1 is 1.65 bits per heavy atom. The second kappa shape index (κ2) is 5.95. The van der Waals surface area contributed by atoms with E-state index in [0.717, 1.165) is 0 Å². The van der Waals surface area contributed by atoms with Crippen LogP contribution in [0.25, 0.3) is 0 Å². The molecule has 1 fully saturated rings. The van der Waals surface area contributed by atoms with Gasteiger partial charge in [0.15, 0.2) is 0 Å². The molecule has 0 saturated carbocycles. The van der Waals surface area contributed by atoms with Gasteiger partial charge in [-0.15, -0.1) is 0 Å². The van der Waals surface area contributed by atoms with Crippen LogP contribution in [0.4, 0.5) is 0 Å². The lowest BCUT2D eigenvalue weighted by Gasteiger charge is -2.25. The molecule has 0 aromatic rings. The van der Waals surface area contributed by atoms with Crippen molar-refractivity contribution in [1.82, 2.24) is 5.32 Å². The fourth-order valence-electron chi connectivity index (χ4n) is 1.57. The maximum atomic E-state index is 11.5. The largest absolute Gasteiger partial charge is 0.481 e. The Morgan fingerprint density at radius 3 is 2.94 bits per heavy atom. The number of carbonyl (C=O) groups excluding carboxylic acids is 1. The van der Waals surface area contributed by atoms with Crippen molar-refractivity contribution >= 4 is 11.9 Å². The van der Waals surface area contributed by atoms with Gasteiger partial charge < -0.3 is 25.6 Å². The van der Waals surface area contributed by atoms with E-state index < -0.39 is 17.4 Å². The molecular weight excluding hydrogens is 228 g/mol. The molecule has 4 N–H and O–H groups in total. The van der Waals surface area contributed by atoms with Crippen molar-refractivity contribution in [3.63, 3.8) is 0 Å². The highest BCUT2D eigenvalue weighted by Crippen LogP contribution is 2.28. The Balaban J connectivity index is 2.45. The van der Waals surface area contributed by atoms with Crippen LogP contribution in [-0.4, -0.2) is 56.0 Å². The lowest BCUT2D eigenvalue weighted by molar-refractivity contribution is -0.149. The molecule has 1 heterocycles. The maximum absolute atomic E-state index is 11.5. The Kier molecular flexibility index (Phi) is 4.86. The van der Waals surface area contributed by atoms with Gasteiger partial charge in [-0.2, -0.15) is 0 Å². The molecule has 1 aliphatic heterocycles. The summed E-state index contributed by atoms with van der Waals surface area (Å²) in [6.45, 7) is 2.36. The SMILES string of the molecule is CC1(C(=O)O)COCC1NC(=O)COCCN. The van der Waals surface area contributed by atoms with Crippen LogP contribution in [0.5, 0.6) is 0 Å². The lowest BCUT2D eigenvalue weighted by Crippen LogP contribution is -2.50. The Morgan fingerprint density at radius 2 is 2.35 bits per heavy atom. The van der Waals surface area contributed by atoms with E-state index in [-0.39, 0.29) is 25.7 Å². The Bertz CT molecular complexity index is 296. The highest BCUT2D eigenvalue weighted by molar-refractivity contribution is 5.81. The van der Waals surface area contributed by atoms with Gasteiger partial charge in [0.25, 0.3) is 0 Å². The van der Waals surface area contributed by atoms with Gasteiger partial charge in [-0.25, -0.2) is 0 Å². The molecule has 1 rings (SSSR count). The molecule has 1 aliphatic rings. The summed E-state index contributed by atoms with van der Waals surface area (Å²) in [5.41, 5.74) is 4.13. The molecule has 7 nitrogen and oxygen atoms in total. The lowest BCUT2D eigenvalue weighted by atomic mass is 9.85. The molecule has 2 unspecified atom stereocenters. The summed E-state index contributed by atoms with van der Waals surface area (Å²) < 4.78 is 10.1. The van der Waals surface area contributed by atoms with Crippen molar-refractivity contribution in [1.29, 1.82) is 0 Å². The fourth-order valence-corrected chi connectivity index (χ4v) is 1.57. The smallest absolute Gasteiger partial charge is 0.313 e. The molecule has 0 aromatic carbocycles. The van der Waals surface area contributed by atoms with Crippen molar-refractivity contribution < 1.29 is 24.2 Å². The second-order valence-corrected chi connectivity index (χ2v) is 4.20. The summed E-state index contributed by atoms with van der Waals surface area (Å²) in [6, 6.07) is -0.533. The van der Waals surface area contributed by atoms with Crippen molar-refractivity contribution in [3.05, 3.63) is 0 Å². The number of hydrogen-bond donors (Lipinski definition) is 3. The first-order chi connectivity index (χ1) is 8.00.